The largest absolute Gasteiger partial charge is 0.365 e. The summed E-state index contributed by atoms with van der Waals surface area (Å²) in [5.74, 6) is 4.72. The zero-order valence-electron chi connectivity index (χ0n) is 15.1. The summed E-state index contributed by atoms with van der Waals surface area (Å²) in [6.07, 6.45) is 2.73. The van der Waals surface area contributed by atoms with Crippen molar-refractivity contribution in [3.63, 3.8) is 0 Å². The summed E-state index contributed by atoms with van der Waals surface area (Å²) in [4.78, 5) is 25.4. The van der Waals surface area contributed by atoms with Crippen LogP contribution < -0.4 is 21.9 Å². The lowest BCUT2D eigenvalue weighted by Gasteiger charge is -2.18. The molecule has 146 valence electrons. The molecule has 8 nitrogen and oxygen atoms in total. The van der Waals surface area contributed by atoms with Gasteiger partial charge in [0.2, 0.25) is 11.1 Å². The number of hydrogen-bond donors (Lipinski definition) is 3. The van der Waals surface area contributed by atoms with Gasteiger partial charge in [0.25, 0.3) is 5.91 Å². The van der Waals surface area contributed by atoms with E-state index in [9.17, 15) is 9.59 Å². The number of thiophene rings is 1. The summed E-state index contributed by atoms with van der Waals surface area (Å²) in [6.45, 7) is 3.54. The van der Waals surface area contributed by atoms with Gasteiger partial charge in [-0.15, -0.1) is 11.3 Å². The van der Waals surface area contributed by atoms with Gasteiger partial charge in [-0.25, -0.2) is 5.01 Å². The summed E-state index contributed by atoms with van der Waals surface area (Å²) in [5, 5.41) is 12.7. The van der Waals surface area contributed by atoms with Gasteiger partial charge in [0.15, 0.2) is 0 Å². The maximum absolute atomic E-state index is 12.4. The van der Waals surface area contributed by atoms with E-state index >= 15 is 0 Å². The summed E-state index contributed by atoms with van der Waals surface area (Å²) >= 11 is 2.53. The highest BCUT2D eigenvalue weighted by atomic mass is 32.2. The Morgan fingerprint density at radius 3 is 2.68 bits per heavy atom. The number of fused-ring (bicyclic) bond motifs is 1. The van der Waals surface area contributed by atoms with E-state index < -0.39 is 5.91 Å². The number of nitrogens with zero attached hydrogens (tertiary/aromatic N) is 3. The van der Waals surface area contributed by atoms with Crippen LogP contribution in [-0.4, -0.2) is 29.5 Å². The highest BCUT2D eigenvalue weighted by Crippen LogP contribution is 2.38. The predicted molar refractivity (Wildman–Crippen MR) is 116 cm³/mol. The molecule has 1 aromatic heterocycles. The maximum atomic E-state index is 12.4. The van der Waals surface area contributed by atoms with E-state index in [1.54, 1.807) is 0 Å². The smallest absolute Gasteiger partial charge is 0.251 e. The maximum Gasteiger partial charge on any atom is 0.251 e. The molecule has 3 rings (SSSR count). The predicted octanol–water partition coefficient (Wildman–Crippen LogP) is 2.36. The van der Waals surface area contributed by atoms with Gasteiger partial charge in [0, 0.05) is 11.6 Å². The van der Waals surface area contributed by atoms with E-state index in [2.05, 4.69) is 22.2 Å². The number of carbonyl (C=O) groups is 2. The van der Waals surface area contributed by atoms with E-state index in [-0.39, 0.29) is 11.7 Å². The lowest BCUT2D eigenvalue weighted by molar-refractivity contribution is -0.113. The Morgan fingerprint density at radius 2 is 2.04 bits per heavy atom. The number of primary amides is 1. The van der Waals surface area contributed by atoms with Gasteiger partial charge in [0.05, 0.1) is 17.0 Å². The zero-order chi connectivity index (χ0) is 20.1. The van der Waals surface area contributed by atoms with Crippen LogP contribution in [0.1, 0.15) is 27.2 Å². The Morgan fingerprint density at radius 1 is 1.29 bits per heavy atom. The molecule has 1 heterocycles. The Labute approximate surface area is 170 Å². The highest BCUT2D eigenvalue weighted by Gasteiger charge is 2.26. The van der Waals surface area contributed by atoms with Crippen molar-refractivity contribution >= 4 is 57.5 Å². The number of hydrogen-bond acceptors (Lipinski definition) is 7. The van der Waals surface area contributed by atoms with Crippen molar-refractivity contribution in [2.75, 3.05) is 16.1 Å². The van der Waals surface area contributed by atoms with Gasteiger partial charge in [-0.3, -0.25) is 9.59 Å². The van der Waals surface area contributed by atoms with Gasteiger partial charge in [-0.1, -0.05) is 30.0 Å². The second-order valence-electron chi connectivity index (χ2n) is 5.96. The van der Waals surface area contributed by atoms with Gasteiger partial charge >= 0.3 is 0 Å². The van der Waals surface area contributed by atoms with Gasteiger partial charge in [-0.05, 0) is 37.0 Å². The summed E-state index contributed by atoms with van der Waals surface area (Å²) in [5.41, 5.74) is 7.65. The molecule has 5 N–H and O–H groups in total. The lowest BCUT2D eigenvalue weighted by Crippen LogP contribution is -2.26. The number of nitrogens with one attached hydrogen (secondary N) is 1. The minimum atomic E-state index is -0.516. The monoisotopic (exact) mass is 416 g/mol. The van der Waals surface area contributed by atoms with E-state index in [4.69, 9.17) is 11.6 Å². The third-order valence-corrected chi connectivity index (χ3v) is 6.34. The second kappa shape index (κ2) is 8.89. The molecule has 0 unspecified atom stereocenters. The number of para-hydroxylation sites is 1. The van der Waals surface area contributed by atoms with Gasteiger partial charge in [-0.2, -0.15) is 10.2 Å². The molecule has 0 bridgehead atoms. The lowest BCUT2D eigenvalue weighted by atomic mass is 10.1. The first-order valence-corrected chi connectivity index (χ1v) is 10.3. The third-order valence-electron chi connectivity index (χ3n) is 4.19. The first kappa shape index (κ1) is 19.9. The van der Waals surface area contributed by atoms with Crippen LogP contribution in [0.5, 0.6) is 0 Å². The normalized spacial score (nSPS) is 13.1. The number of carbonyl (C=O) groups excluding carboxylic acids is 2. The highest BCUT2D eigenvalue weighted by molar-refractivity contribution is 8.14. The van der Waals surface area contributed by atoms with E-state index in [1.165, 1.54) is 16.3 Å². The Hall–Kier alpha value is -2.85. The van der Waals surface area contributed by atoms with Crippen molar-refractivity contribution in [2.45, 2.75) is 19.3 Å². The molecule has 10 heteroatoms. The fraction of sp³-hybridized carbons (Fsp3) is 0.222. The fourth-order valence-electron chi connectivity index (χ4n) is 3.02. The van der Waals surface area contributed by atoms with Crippen molar-refractivity contribution in [2.24, 2.45) is 21.8 Å². The van der Waals surface area contributed by atoms with Crippen LogP contribution >= 0.6 is 23.1 Å². The molecule has 2 amide bonds. The number of amides is 2. The summed E-state index contributed by atoms with van der Waals surface area (Å²) < 4.78 is 0. The van der Waals surface area contributed by atoms with Crippen LogP contribution in [0, 0.1) is 0 Å². The Balaban J connectivity index is 1.67. The quantitative estimate of drug-likeness (QED) is 0.288. The number of thioether (sulfide) groups is 1. The van der Waals surface area contributed by atoms with Gasteiger partial charge in [0.1, 0.15) is 5.00 Å². The fourth-order valence-corrected chi connectivity index (χ4v) is 5.02. The number of nitrogens with two attached hydrogens (primary N) is 2. The van der Waals surface area contributed by atoms with Crippen molar-refractivity contribution in [3.8, 4) is 0 Å². The minimum Gasteiger partial charge on any atom is -0.365 e. The number of anilines is 2. The third kappa shape index (κ3) is 4.18. The van der Waals surface area contributed by atoms with Gasteiger partial charge < -0.3 is 16.9 Å². The number of hydrazone groups is 2. The van der Waals surface area contributed by atoms with Crippen LogP contribution in [0.15, 0.2) is 40.5 Å². The molecule has 28 heavy (non-hydrogen) atoms. The molecule has 0 radical (unpaired) electrons. The molecule has 0 saturated heterocycles. The molecule has 0 aliphatic heterocycles. The Kier molecular flexibility index (Phi) is 6.32. The molecular weight excluding hydrogens is 396 g/mol. The van der Waals surface area contributed by atoms with Crippen LogP contribution in [0.2, 0.25) is 0 Å². The van der Waals surface area contributed by atoms with Crippen LogP contribution in [0.4, 0.5) is 10.7 Å². The Bertz CT molecular complexity index is 926. The van der Waals surface area contributed by atoms with E-state index in [0.717, 1.165) is 47.2 Å². The second-order valence-corrected chi connectivity index (χ2v) is 8.01. The molecular formula is C18H20N6O2S2. The van der Waals surface area contributed by atoms with Crippen LogP contribution in [-0.2, 0) is 17.6 Å². The van der Waals surface area contributed by atoms with E-state index in [0.29, 0.717) is 15.7 Å². The first-order chi connectivity index (χ1) is 13.5. The molecule has 1 aromatic carbocycles. The average molecular weight is 417 g/mol. The van der Waals surface area contributed by atoms with Crippen molar-refractivity contribution in [3.05, 3.63) is 46.3 Å². The molecule has 0 fully saturated rings. The zero-order valence-corrected chi connectivity index (χ0v) is 16.7. The minimum absolute atomic E-state index is 0.0374. The topological polar surface area (TPSA) is 126 Å². The molecule has 1 aliphatic rings. The molecule has 1 aliphatic carbocycles. The molecule has 0 saturated carbocycles. The van der Waals surface area contributed by atoms with Crippen molar-refractivity contribution in [1.29, 1.82) is 0 Å². The number of aryl methyl sites for hydroxylation is 1. The molecule has 0 atom stereocenters. The number of amidine groups is 1. The number of rotatable bonds is 6. The average Bonchev–Trinajstić information content (AvgIpc) is 3.26. The standard InChI is InChI=1S/C18H20N6O2S2/c1-21-24(11-6-3-2-4-7-11)18(23-20)27-10-14(25)22-17-15(16(19)26)12-8-5-9-13(12)28-17/h2-4,6-7H,1,5,8-10,20H2,(H2,19,26)(H,22,25)/b23-18+. The SMILES string of the molecule is C=NN(/C(=N\N)SCC(=O)Nc1sc2c(c1C(N)=O)CCC2)c1ccccc1. The number of benzene rings is 1. The summed E-state index contributed by atoms with van der Waals surface area (Å²) in [6, 6.07) is 9.22. The molecule has 2 aromatic rings. The van der Waals surface area contributed by atoms with E-state index in [1.807, 2.05) is 30.3 Å². The summed E-state index contributed by atoms with van der Waals surface area (Å²) in [7, 11) is 0. The van der Waals surface area contributed by atoms with Crippen LogP contribution in [0.3, 0.4) is 0 Å². The van der Waals surface area contributed by atoms with Crippen molar-refractivity contribution < 1.29 is 9.59 Å². The molecule has 0 spiro atoms. The van der Waals surface area contributed by atoms with Crippen molar-refractivity contribution in [1.82, 2.24) is 0 Å². The van der Waals surface area contributed by atoms with Crippen LogP contribution in [0.25, 0.3) is 0 Å². The first-order valence-electron chi connectivity index (χ1n) is 8.51.